The molecule has 2 aromatic rings. The van der Waals surface area contributed by atoms with Crippen molar-refractivity contribution >= 4 is 11.8 Å². The van der Waals surface area contributed by atoms with Crippen molar-refractivity contribution in [3.8, 4) is 17.2 Å². The van der Waals surface area contributed by atoms with Crippen LogP contribution in [0, 0.1) is 11.3 Å². The van der Waals surface area contributed by atoms with Crippen LogP contribution in [0.2, 0.25) is 0 Å². The molecule has 1 aliphatic rings. The van der Waals surface area contributed by atoms with E-state index in [9.17, 15) is 14.9 Å². The van der Waals surface area contributed by atoms with Crippen molar-refractivity contribution in [2.75, 3.05) is 13.6 Å². The number of likely N-dealkylation sites (N-methyl/N-ethyl adjacent to an activating group) is 1. The van der Waals surface area contributed by atoms with Gasteiger partial charge < -0.3 is 10.2 Å². The molecule has 0 spiro atoms. The Labute approximate surface area is 146 Å². The van der Waals surface area contributed by atoms with E-state index in [1.807, 2.05) is 24.3 Å². The van der Waals surface area contributed by atoms with Crippen LogP contribution < -0.4 is 5.32 Å². The van der Waals surface area contributed by atoms with Crippen molar-refractivity contribution in [3.05, 3.63) is 59.7 Å². The molecule has 2 amide bonds. The van der Waals surface area contributed by atoms with E-state index in [0.717, 1.165) is 12.8 Å². The van der Waals surface area contributed by atoms with Crippen molar-refractivity contribution in [1.82, 2.24) is 10.2 Å². The zero-order chi connectivity index (χ0) is 17.8. The number of hydrogen-bond donors (Lipinski definition) is 1. The topological polar surface area (TPSA) is 73.2 Å². The summed E-state index contributed by atoms with van der Waals surface area (Å²) in [6.07, 6.45) is 2.02. The smallest absolute Gasteiger partial charge is 0.254 e. The van der Waals surface area contributed by atoms with Crippen LogP contribution in [0.4, 0.5) is 0 Å². The van der Waals surface area contributed by atoms with Gasteiger partial charge in [-0.2, -0.15) is 5.26 Å². The number of nitrogens with zero attached hydrogens (tertiary/aromatic N) is 2. The summed E-state index contributed by atoms with van der Waals surface area (Å²) < 4.78 is 0. The van der Waals surface area contributed by atoms with E-state index in [1.165, 1.54) is 4.90 Å². The quantitative estimate of drug-likeness (QED) is 0.914. The summed E-state index contributed by atoms with van der Waals surface area (Å²) in [5, 5.41) is 12.2. The molecule has 2 aromatic carbocycles. The standard InChI is InChI=1S/C20H19N3O2/c1-23(13-19(24)22-15-10-11-15)20(25)18-9-5-4-8-17(18)16-7-3-2-6-14(16)12-21/h2-9,15H,10-11,13H2,1H3,(H,22,24). The van der Waals surface area contributed by atoms with Crippen LogP contribution >= 0.6 is 0 Å². The number of amides is 2. The number of nitriles is 1. The second-order valence-corrected chi connectivity index (χ2v) is 6.21. The van der Waals surface area contributed by atoms with E-state index >= 15 is 0 Å². The first-order chi connectivity index (χ1) is 12.1. The number of rotatable bonds is 5. The summed E-state index contributed by atoms with van der Waals surface area (Å²) in [5.41, 5.74) is 2.40. The fourth-order valence-corrected chi connectivity index (χ4v) is 2.71. The highest BCUT2D eigenvalue weighted by molar-refractivity contribution is 6.02. The van der Waals surface area contributed by atoms with Gasteiger partial charge in [-0.15, -0.1) is 0 Å². The lowest BCUT2D eigenvalue weighted by molar-refractivity contribution is -0.121. The number of benzene rings is 2. The lowest BCUT2D eigenvalue weighted by Gasteiger charge is -2.19. The maximum Gasteiger partial charge on any atom is 0.254 e. The van der Waals surface area contributed by atoms with Crippen molar-refractivity contribution in [1.29, 1.82) is 5.26 Å². The molecule has 5 nitrogen and oxygen atoms in total. The molecule has 0 atom stereocenters. The van der Waals surface area contributed by atoms with E-state index in [4.69, 9.17) is 0 Å². The van der Waals surface area contributed by atoms with Crippen LogP contribution in [0.15, 0.2) is 48.5 Å². The Balaban J connectivity index is 1.86. The summed E-state index contributed by atoms with van der Waals surface area (Å²) in [6, 6.07) is 16.8. The molecule has 1 fully saturated rings. The molecule has 1 N–H and O–H groups in total. The normalized spacial score (nSPS) is 13.0. The van der Waals surface area contributed by atoms with Crippen LogP contribution in [0.5, 0.6) is 0 Å². The molecule has 0 radical (unpaired) electrons. The molecule has 5 heteroatoms. The first-order valence-electron chi connectivity index (χ1n) is 8.23. The predicted octanol–water partition coefficient (Wildman–Crippen LogP) is 2.58. The van der Waals surface area contributed by atoms with Crippen LogP contribution in [0.3, 0.4) is 0 Å². The molecular weight excluding hydrogens is 314 g/mol. The molecule has 0 bridgehead atoms. The van der Waals surface area contributed by atoms with Gasteiger partial charge in [-0.25, -0.2) is 0 Å². The Morgan fingerprint density at radius 3 is 2.44 bits per heavy atom. The molecule has 0 saturated heterocycles. The Hall–Kier alpha value is -3.13. The number of hydrogen-bond acceptors (Lipinski definition) is 3. The van der Waals surface area contributed by atoms with Crippen molar-refractivity contribution in [2.45, 2.75) is 18.9 Å². The Bertz CT molecular complexity index is 850. The zero-order valence-electron chi connectivity index (χ0n) is 14.0. The Morgan fingerprint density at radius 2 is 1.76 bits per heavy atom. The van der Waals surface area contributed by atoms with Gasteiger partial charge in [0.1, 0.15) is 0 Å². The third kappa shape index (κ3) is 3.86. The van der Waals surface area contributed by atoms with E-state index in [0.29, 0.717) is 22.3 Å². The highest BCUT2D eigenvalue weighted by Gasteiger charge is 2.25. The molecule has 3 rings (SSSR count). The lowest BCUT2D eigenvalue weighted by Crippen LogP contribution is -2.39. The van der Waals surface area contributed by atoms with E-state index in [1.54, 1.807) is 31.3 Å². The molecule has 25 heavy (non-hydrogen) atoms. The SMILES string of the molecule is CN(CC(=O)NC1CC1)C(=O)c1ccccc1-c1ccccc1C#N. The average molecular weight is 333 g/mol. The fraction of sp³-hybridized carbons (Fsp3) is 0.250. The summed E-state index contributed by atoms with van der Waals surface area (Å²) in [4.78, 5) is 26.2. The van der Waals surface area contributed by atoms with Gasteiger partial charge in [0.05, 0.1) is 18.2 Å². The van der Waals surface area contributed by atoms with Gasteiger partial charge in [0.2, 0.25) is 5.91 Å². The average Bonchev–Trinajstić information content (AvgIpc) is 3.44. The minimum absolute atomic E-state index is 0.0174. The summed E-state index contributed by atoms with van der Waals surface area (Å²) in [5.74, 6) is -0.387. The Kier molecular flexibility index (Phi) is 4.80. The van der Waals surface area contributed by atoms with E-state index in [-0.39, 0.29) is 24.4 Å². The monoisotopic (exact) mass is 333 g/mol. The van der Waals surface area contributed by atoms with Crippen LogP contribution in [-0.2, 0) is 4.79 Å². The lowest BCUT2D eigenvalue weighted by atomic mass is 9.95. The maximum absolute atomic E-state index is 12.8. The molecule has 0 aliphatic heterocycles. The second kappa shape index (κ2) is 7.18. The van der Waals surface area contributed by atoms with Crippen LogP contribution in [0.1, 0.15) is 28.8 Å². The second-order valence-electron chi connectivity index (χ2n) is 6.21. The highest BCUT2D eigenvalue weighted by atomic mass is 16.2. The summed E-state index contributed by atoms with van der Waals surface area (Å²) in [6.45, 7) is 0.0174. The third-order valence-electron chi connectivity index (χ3n) is 4.17. The van der Waals surface area contributed by atoms with Gasteiger partial charge in [0.25, 0.3) is 5.91 Å². The van der Waals surface area contributed by atoms with Gasteiger partial charge in [-0.1, -0.05) is 36.4 Å². The maximum atomic E-state index is 12.8. The van der Waals surface area contributed by atoms with Crippen molar-refractivity contribution in [2.24, 2.45) is 0 Å². The largest absolute Gasteiger partial charge is 0.352 e. The molecule has 0 heterocycles. The van der Waals surface area contributed by atoms with Crippen molar-refractivity contribution < 1.29 is 9.59 Å². The summed E-state index contributed by atoms with van der Waals surface area (Å²) in [7, 11) is 1.61. The van der Waals surface area contributed by atoms with Gasteiger partial charge in [0.15, 0.2) is 0 Å². The molecule has 1 saturated carbocycles. The predicted molar refractivity (Wildman–Crippen MR) is 94.7 cm³/mol. The van der Waals surface area contributed by atoms with E-state index in [2.05, 4.69) is 11.4 Å². The molecule has 1 aliphatic carbocycles. The highest BCUT2D eigenvalue weighted by Crippen LogP contribution is 2.27. The van der Waals surface area contributed by atoms with Gasteiger partial charge >= 0.3 is 0 Å². The first-order valence-corrected chi connectivity index (χ1v) is 8.23. The molecule has 0 unspecified atom stereocenters. The zero-order valence-corrected chi connectivity index (χ0v) is 14.0. The van der Waals surface area contributed by atoms with Crippen LogP contribution in [0.25, 0.3) is 11.1 Å². The molecular formula is C20H19N3O2. The minimum atomic E-state index is -0.241. The first kappa shape index (κ1) is 16.7. The van der Waals surface area contributed by atoms with Crippen LogP contribution in [-0.4, -0.2) is 36.3 Å². The molecule has 126 valence electrons. The number of carbonyl (C=O) groups is 2. The number of nitrogens with one attached hydrogen (secondary N) is 1. The Morgan fingerprint density at radius 1 is 1.12 bits per heavy atom. The summed E-state index contributed by atoms with van der Waals surface area (Å²) >= 11 is 0. The van der Waals surface area contributed by atoms with Gasteiger partial charge in [-0.05, 0) is 30.5 Å². The molecule has 0 aromatic heterocycles. The number of carbonyl (C=O) groups excluding carboxylic acids is 2. The van der Waals surface area contributed by atoms with Crippen molar-refractivity contribution in [3.63, 3.8) is 0 Å². The van der Waals surface area contributed by atoms with Gasteiger partial charge in [-0.3, -0.25) is 9.59 Å². The van der Waals surface area contributed by atoms with Gasteiger partial charge in [0, 0.05) is 24.2 Å². The minimum Gasteiger partial charge on any atom is -0.352 e. The van der Waals surface area contributed by atoms with E-state index < -0.39 is 0 Å². The third-order valence-corrected chi connectivity index (χ3v) is 4.17. The fourth-order valence-electron chi connectivity index (χ4n) is 2.71.